The fourth-order valence-corrected chi connectivity index (χ4v) is 5.21. The minimum absolute atomic E-state index is 0.0714. The molecule has 0 aliphatic carbocycles. The van der Waals surface area contributed by atoms with Gasteiger partial charge in [0, 0.05) is 29.0 Å². The molecular formula is C20H24N2O3. The maximum absolute atomic E-state index is 13.0. The predicted octanol–water partition coefficient (Wildman–Crippen LogP) is 2.86. The van der Waals surface area contributed by atoms with Crippen molar-refractivity contribution in [2.75, 3.05) is 18.6 Å². The maximum atomic E-state index is 13.0. The molecule has 3 aliphatic rings. The highest BCUT2D eigenvalue weighted by molar-refractivity contribution is 6.10. The zero-order valence-corrected chi connectivity index (χ0v) is 14.8. The first-order chi connectivity index (χ1) is 12.1. The van der Waals surface area contributed by atoms with Crippen LogP contribution >= 0.6 is 0 Å². The van der Waals surface area contributed by atoms with E-state index in [0.29, 0.717) is 6.42 Å². The van der Waals surface area contributed by atoms with E-state index >= 15 is 0 Å². The molecule has 132 valence electrons. The van der Waals surface area contributed by atoms with Gasteiger partial charge in [-0.05, 0) is 38.3 Å². The number of hydrogen-bond acceptors (Lipinski definition) is 4. The molecular weight excluding hydrogens is 316 g/mol. The van der Waals surface area contributed by atoms with Gasteiger partial charge in [0.05, 0.1) is 12.8 Å². The van der Waals surface area contributed by atoms with E-state index in [-0.39, 0.29) is 17.3 Å². The summed E-state index contributed by atoms with van der Waals surface area (Å²) in [4.78, 5) is 27.1. The number of anilines is 1. The van der Waals surface area contributed by atoms with Crippen molar-refractivity contribution in [1.29, 1.82) is 0 Å². The van der Waals surface area contributed by atoms with Crippen LogP contribution in [0, 0.1) is 5.41 Å². The summed E-state index contributed by atoms with van der Waals surface area (Å²) in [6.07, 6.45) is 6.07. The first kappa shape index (κ1) is 16.3. The molecule has 4 rings (SSSR count). The van der Waals surface area contributed by atoms with E-state index in [2.05, 4.69) is 12.2 Å². The third-order valence-electron chi connectivity index (χ3n) is 6.35. The molecule has 1 aromatic carbocycles. The molecule has 25 heavy (non-hydrogen) atoms. The quantitative estimate of drug-likeness (QED) is 0.664. The first-order valence-corrected chi connectivity index (χ1v) is 9.07. The Morgan fingerprint density at radius 3 is 2.92 bits per heavy atom. The van der Waals surface area contributed by atoms with Crippen molar-refractivity contribution in [3.63, 3.8) is 0 Å². The van der Waals surface area contributed by atoms with E-state index in [4.69, 9.17) is 4.74 Å². The van der Waals surface area contributed by atoms with Gasteiger partial charge in [0.1, 0.15) is 5.66 Å². The lowest BCUT2D eigenvalue weighted by atomic mass is 9.60. The fraction of sp³-hybridized carbons (Fsp3) is 0.500. The topological polar surface area (TPSA) is 58.6 Å². The number of nitrogens with zero attached hydrogens (tertiary/aromatic N) is 1. The molecule has 2 atom stereocenters. The average molecular weight is 340 g/mol. The van der Waals surface area contributed by atoms with E-state index in [1.165, 1.54) is 7.11 Å². The molecule has 0 bridgehead atoms. The molecule has 0 radical (unpaired) electrons. The van der Waals surface area contributed by atoms with Gasteiger partial charge < -0.3 is 4.74 Å². The number of esters is 1. The lowest BCUT2D eigenvalue weighted by Crippen LogP contribution is -2.73. The van der Waals surface area contributed by atoms with E-state index in [1.54, 1.807) is 6.08 Å². The van der Waals surface area contributed by atoms with Crippen molar-refractivity contribution in [2.24, 2.45) is 5.41 Å². The Morgan fingerprint density at radius 2 is 2.16 bits per heavy atom. The number of benzene rings is 1. The second kappa shape index (κ2) is 5.70. The number of nitrogens with one attached hydrogen (secondary N) is 1. The van der Waals surface area contributed by atoms with E-state index < -0.39 is 5.66 Å². The number of carbonyl (C=O) groups excluding carboxylic acids is 2. The Kier molecular flexibility index (Phi) is 3.72. The zero-order chi connectivity index (χ0) is 17.7. The number of hydrogen-bond donors (Lipinski definition) is 1. The van der Waals surface area contributed by atoms with Crippen LogP contribution in [0.2, 0.25) is 0 Å². The van der Waals surface area contributed by atoms with Gasteiger partial charge in [-0.25, -0.2) is 4.79 Å². The molecule has 1 spiro atoms. The van der Waals surface area contributed by atoms with Gasteiger partial charge in [0.15, 0.2) is 0 Å². The van der Waals surface area contributed by atoms with E-state index in [0.717, 1.165) is 49.1 Å². The molecule has 2 fully saturated rings. The molecule has 0 aromatic heterocycles. The number of ether oxygens (including phenoxy) is 1. The third-order valence-corrected chi connectivity index (χ3v) is 6.35. The summed E-state index contributed by atoms with van der Waals surface area (Å²) in [6.45, 7) is 3.03. The predicted molar refractivity (Wildman–Crippen MR) is 95.8 cm³/mol. The number of methoxy groups -OCH3 is 1. The van der Waals surface area contributed by atoms with Crippen LogP contribution in [0.1, 0.15) is 44.6 Å². The van der Waals surface area contributed by atoms with Crippen molar-refractivity contribution in [1.82, 2.24) is 5.32 Å². The summed E-state index contributed by atoms with van der Waals surface area (Å²) < 4.78 is 4.93. The SMILES string of the molecule is CC[C@]12CCCN[C@@]13C(=CC(=O)OC)c1ccccc1N3C(=O)CC2. The van der Waals surface area contributed by atoms with Crippen LogP contribution in [0.25, 0.3) is 5.57 Å². The van der Waals surface area contributed by atoms with Gasteiger partial charge in [-0.2, -0.15) is 0 Å². The highest BCUT2D eigenvalue weighted by Crippen LogP contribution is 2.61. The molecule has 3 heterocycles. The minimum atomic E-state index is -0.646. The summed E-state index contributed by atoms with van der Waals surface area (Å²) in [6, 6.07) is 7.89. The summed E-state index contributed by atoms with van der Waals surface area (Å²) >= 11 is 0. The average Bonchev–Trinajstić information content (AvgIpc) is 2.93. The minimum Gasteiger partial charge on any atom is -0.466 e. The summed E-state index contributed by atoms with van der Waals surface area (Å²) in [5.41, 5.74) is 2.01. The Labute approximate surface area is 148 Å². The van der Waals surface area contributed by atoms with Crippen molar-refractivity contribution in [3.05, 3.63) is 35.9 Å². The number of rotatable bonds is 2. The molecule has 5 heteroatoms. The van der Waals surface area contributed by atoms with Crippen LogP contribution in [0.3, 0.4) is 0 Å². The fourth-order valence-electron chi connectivity index (χ4n) is 5.21. The van der Waals surface area contributed by atoms with E-state index in [9.17, 15) is 9.59 Å². The van der Waals surface area contributed by atoms with Crippen molar-refractivity contribution < 1.29 is 14.3 Å². The second-order valence-corrected chi connectivity index (χ2v) is 7.20. The molecule has 0 saturated carbocycles. The Balaban J connectivity index is 2.03. The molecule has 2 saturated heterocycles. The highest BCUT2D eigenvalue weighted by atomic mass is 16.5. The number of amides is 1. The van der Waals surface area contributed by atoms with E-state index in [1.807, 2.05) is 29.2 Å². The normalized spacial score (nSPS) is 32.2. The van der Waals surface area contributed by atoms with Crippen LogP contribution in [0.15, 0.2) is 30.3 Å². The number of fused-ring (bicyclic) bond motifs is 2. The van der Waals surface area contributed by atoms with Crippen LogP contribution in [-0.4, -0.2) is 31.2 Å². The van der Waals surface area contributed by atoms with Crippen LogP contribution in [0.4, 0.5) is 5.69 Å². The monoisotopic (exact) mass is 340 g/mol. The maximum Gasteiger partial charge on any atom is 0.330 e. The van der Waals surface area contributed by atoms with Gasteiger partial charge in [0.2, 0.25) is 5.91 Å². The van der Waals surface area contributed by atoms with Crippen LogP contribution in [0.5, 0.6) is 0 Å². The third kappa shape index (κ3) is 1.99. The lowest BCUT2D eigenvalue weighted by molar-refractivity contribution is -0.135. The first-order valence-electron chi connectivity index (χ1n) is 9.07. The molecule has 5 nitrogen and oxygen atoms in total. The molecule has 1 aromatic rings. The van der Waals surface area contributed by atoms with Gasteiger partial charge in [0.25, 0.3) is 0 Å². The van der Waals surface area contributed by atoms with Crippen LogP contribution in [-0.2, 0) is 14.3 Å². The number of carbonyl (C=O) groups is 2. The second-order valence-electron chi connectivity index (χ2n) is 7.20. The van der Waals surface area contributed by atoms with Gasteiger partial charge in [-0.1, -0.05) is 25.1 Å². The standard InChI is InChI=1S/C20H24N2O3/c1-3-19-10-6-12-21-20(19)15(13-18(24)25-2)14-7-4-5-8-16(14)22(20)17(23)9-11-19/h4-5,7-8,13,21H,3,6,9-12H2,1-2H3/t19-,20-/m1/s1. The summed E-state index contributed by atoms with van der Waals surface area (Å²) in [5.74, 6) is -0.254. The van der Waals surface area contributed by atoms with Gasteiger partial charge >= 0.3 is 5.97 Å². The van der Waals surface area contributed by atoms with Crippen molar-refractivity contribution >= 4 is 23.1 Å². The molecule has 1 N–H and O–H groups in total. The zero-order valence-electron chi connectivity index (χ0n) is 14.8. The number of para-hydroxylation sites is 1. The van der Waals surface area contributed by atoms with Gasteiger partial charge in [-0.3, -0.25) is 15.0 Å². The number of piperidine rings is 2. The largest absolute Gasteiger partial charge is 0.466 e. The summed E-state index contributed by atoms with van der Waals surface area (Å²) in [5, 5.41) is 3.67. The van der Waals surface area contributed by atoms with Crippen molar-refractivity contribution in [2.45, 2.75) is 44.7 Å². The Morgan fingerprint density at radius 1 is 1.36 bits per heavy atom. The molecule has 0 unspecified atom stereocenters. The molecule has 3 aliphatic heterocycles. The highest BCUT2D eigenvalue weighted by Gasteiger charge is 2.64. The van der Waals surface area contributed by atoms with Gasteiger partial charge in [-0.15, -0.1) is 0 Å². The Hall–Kier alpha value is -2.14. The molecule has 1 amide bonds. The summed E-state index contributed by atoms with van der Waals surface area (Å²) in [7, 11) is 1.39. The smallest absolute Gasteiger partial charge is 0.330 e. The van der Waals surface area contributed by atoms with Crippen molar-refractivity contribution in [3.8, 4) is 0 Å². The van der Waals surface area contributed by atoms with Crippen LogP contribution < -0.4 is 10.2 Å². The Bertz CT molecular complexity index is 772. The lowest BCUT2D eigenvalue weighted by Gasteiger charge is -2.59.